The second-order valence-electron chi connectivity index (χ2n) is 4.95. The van der Waals surface area contributed by atoms with Crippen LogP contribution in [0.4, 0.5) is 4.39 Å². The van der Waals surface area contributed by atoms with E-state index in [9.17, 15) is 4.39 Å². The van der Waals surface area contributed by atoms with Crippen LogP contribution in [0.2, 0.25) is 0 Å². The molecule has 0 spiro atoms. The molecule has 23 heavy (non-hydrogen) atoms. The molecule has 0 unspecified atom stereocenters. The monoisotopic (exact) mass is 296 g/mol. The highest BCUT2D eigenvalue weighted by molar-refractivity contribution is 5.47. The van der Waals surface area contributed by atoms with Gasteiger partial charge >= 0.3 is 0 Å². The maximum Gasteiger partial charge on any atom is 0.124 e. The Balaban J connectivity index is 1.75. The molecule has 0 aliphatic rings. The number of hydrogen-bond donors (Lipinski definition) is 0. The zero-order chi connectivity index (χ0) is 15.9. The second kappa shape index (κ2) is 7.12. The van der Waals surface area contributed by atoms with Gasteiger partial charge in [-0.15, -0.1) is 0 Å². The Labute approximate surface area is 135 Å². The van der Waals surface area contributed by atoms with Crippen LogP contribution in [0.3, 0.4) is 0 Å². The van der Waals surface area contributed by atoms with Gasteiger partial charge in [0.1, 0.15) is 5.82 Å². The van der Waals surface area contributed by atoms with Crippen molar-refractivity contribution in [2.45, 2.75) is 0 Å². The van der Waals surface area contributed by atoms with E-state index in [4.69, 9.17) is 0 Å². The second-order valence-corrected chi connectivity index (χ2v) is 4.95. The van der Waals surface area contributed by atoms with E-state index in [1.165, 1.54) is 12.1 Å². The highest BCUT2D eigenvalue weighted by atomic mass is 19.1. The van der Waals surface area contributed by atoms with Crippen molar-refractivity contribution < 1.29 is 4.39 Å². The lowest BCUT2D eigenvalue weighted by molar-refractivity contribution is 0.627. The SMILES string of the molecule is Fc1cccc(C#Cc2ccc(C#Cc3ccccc3)cc2)c1. The topological polar surface area (TPSA) is 0 Å². The van der Waals surface area contributed by atoms with Gasteiger partial charge in [0.15, 0.2) is 0 Å². The quantitative estimate of drug-likeness (QED) is 0.531. The first kappa shape index (κ1) is 14.6. The first-order valence-electron chi connectivity index (χ1n) is 7.24. The molecule has 0 amide bonds. The van der Waals surface area contributed by atoms with Crippen molar-refractivity contribution in [3.05, 3.63) is 107 Å². The van der Waals surface area contributed by atoms with Gasteiger partial charge in [-0.25, -0.2) is 4.39 Å². The molecule has 0 saturated carbocycles. The summed E-state index contributed by atoms with van der Waals surface area (Å²) in [7, 11) is 0. The summed E-state index contributed by atoms with van der Waals surface area (Å²) in [6.07, 6.45) is 0. The van der Waals surface area contributed by atoms with E-state index in [-0.39, 0.29) is 5.82 Å². The third-order valence-corrected chi connectivity index (χ3v) is 3.19. The Morgan fingerprint density at radius 3 is 1.52 bits per heavy atom. The van der Waals surface area contributed by atoms with Crippen molar-refractivity contribution in [3.63, 3.8) is 0 Å². The number of halogens is 1. The minimum atomic E-state index is -0.275. The maximum absolute atomic E-state index is 13.1. The van der Waals surface area contributed by atoms with Crippen molar-refractivity contribution in [1.29, 1.82) is 0 Å². The summed E-state index contributed by atoms with van der Waals surface area (Å²) in [6.45, 7) is 0. The van der Waals surface area contributed by atoms with Crippen molar-refractivity contribution in [2.24, 2.45) is 0 Å². The van der Waals surface area contributed by atoms with E-state index in [2.05, 4.69) is 23.7 Å². The molecule has 0 saturated heterocycles. The lowest BCUT2D eigenvalue weighted by Gasteiger charge is -1.93. The van der Waals surface area contributed by atoms with Crippen LogP contribution in [-0.4, -0.2) is 0 Å². The van der Waals surface area contributed by atoms with Gasteiger partial charge in [-0.3, -0.25) is 0 Å². The lowest BCUT2D eigenvalue weighted by atomic mass is 10.1. The Morgan fingerprint density at radius 2 is 0.957 bits per heavy atom. The summed E-state index contributed by atoms with van der Waals surface area (Å²) in [5.74, 6) is 11.9. The van der Waals surface area contributed by atoms with E-state index in [0.717, 1.165) is 16.7 Å². The largest absolute Gasteiger partial charge is 0.207 e. The molecule has 108 valence electrons. The van der Waals surface area contributed by atoms with Gasteiger partial charge in [-0.2, -0.15) is 0 Å². The third-order valence-electron chi connectivity index (χ3n) is 3.19. The van der Waals surface area contributed by atoms with E-state index in [1.54, 1.807) is 12.1 Å². The van der Waals surface area contributed by atoms with Crippen LogP contribution in [-0.2, 0) is 0 Å². The van der Waals surface area contributed by atoms with Gasteiger partial charge in [0, 0.05) is 22.3 Å². The molecule has 0 bridgehead atoms. The molecular formula is C22H13F. The van der Waals surface area contributed by atoms with Gasteiger partial charge in [-0.05, 0) is 54.6 Å². The molecule has 0 nitrogen and oxygen atoms in total. The fourth-order valence-electron chi connectivity index (χ4n) is 2.01. The molecule has 0 aliphatic carbocycles. The summed E-state index contributed by atoms with van der Waals surface area (Å²) in [4.78, 5) is 0. The van der Waals surface area contributed by atoms with Crippen LogP contribution in [0.25, 0.3) is 0 Å². The minimum absolute atomic E-state index is 0.275. The van der Waals surface area contributed by atoms with Crippen molar-refractivity contribution in [1.82, 2.24) is 0 Å². The number of hydrogen-bond acceptors (Lipinski definition) is 0. The molecule has 0 radical (unpaired) electrons. The molecule has 0 heterocycles. The van der Waals surface area contributed by atoms with Crippen molar-refractivity contribution >= 4 is 0 Å². The predicted molar refractivity (Wildman–Crippen MR) is 91.2 cm³/mol. The summed E-state index contributed by atoms with van der Waals surface area (Å²) in [5.41, 5.74) is 3.46. The van der Waals surface area contributed by atoms with Gasteiger partial charge in [0.2, 0.25) is 0 Å². The molecule has 3 aromatic rings. The first-order valence-corrected chi connectivity index (χ1v) is 7.24. The van der Waals surface area contributed by atoms with Gasteiger partial charge in [-0.1, -0.05) is 47.9 Å². The molecule has 3 aromatic carbocycles. The van der Waals surface area contributed by atoms with Crippen LogP contribution >= 0.6 is 0 Å². The molecule has 0 aliphatic heterocycles. The Bertz CT molecular complexity index is 915. The summed E-state index contributed by atoms with van der Waals surface area (Å²) in [5, 5.41) is 0. The third kappa shape index (κ3) is 4.34. The molecule has 3 rings (SSSR count). The fourth-order valence-corrected chi connectivity index (χ4v) is 2.01. The van der Waals surface area contributed by atoms with E-state index < -0.39 is 0 Å². The average Bonchev–Trinajstić information content (AvgIpc) is 2.60. The zero-order valence-electron chi connectivity index (χ0n) is 12.4. The normalized spacial score (nSPS) is 9.26. The van der Waals surface area contributed by atoms with Crippen LogP contribution in [0.15, 0.2) is 78.9 Å². The maximum atomic E-state index is 13.1. The summed E-state index contributed by atoms with van der Waals surface area (Å²) in [6, 6.07) is 23.8. The summed E-state index contributed by atoms with van der Waals surface area (Å²) >= 11 is 0. The molecular weight excluding hydrogens is 283 g/mol. The minimum Gasteiger partial charge on any atom is -0.207 e. The Hall–Kier alpha value is -3.29. The molecule has 0 N–H and O–H groups in total. The van der Waals surface area contributed by atoms with Crippen LogP contribution in [0.5, 0.6) is 0 Å². The van der Waals surface area contributed by atoms with Gasteiger partial charge < -0.3 is 0 Å². The van der Waals surface area contributed by atoms with Crippen molar-refractivity contribution in [3.8, 4) is 23.7 Å². The van der Waals surface area contributed by atoms with E-state index in [1.807, 2.05) is 54.6 Å². The fraction of sp³-hybridized carbons (Fsp3) is 0. The molecule has 0 aromatic heterocycles. The predicted octanol–water partition coefficient (Wildman–Crippen LogP) is 4.63. The van der Waals surface area contributed by atoms with E-state index in [0.29, 0.717) is 5.56 Å². The molecule has 1 heteroatoms. The Morgan fingerprint density at radius 1 is 0.478 bits per heavy atom. The summed E-state index contributed by atoms with van der Waals surface area (Å²) < 4.78 is 13.1. The van der Waals surface area contributed by atoms with E-state index >= 15 is 0 Å². The Kier molecular flexibility index (Phi) is 4.53. The standard InChI is InChI=1S/C22H13F/c23-22-8-4-7-21(17-22)16-15-20-13-11-19(12-14-20)10-9-18-5-2-1-3-6-18/h1-8,11-14,17H. The number of rotatable bonds is 0. The number of benzene rings is 3. The average molecular weight is 296 g/mol. The molecule has 0 fully saturated rings. The van der Waals surface area contributed by atoms with Crippen LogP contribution < -0.4 is 0 Å². The van der Waals surface area contributed by atoms with Crippen LogP contribution in [0, 0.1) is 29.5 Å². The molecule has 0 atom stereocenters. The van der Waals surface area contributed by atoms with Crippen molar-refractivity contribution in [2.75, 3.05) is 0 Å². The lowest BCUT2D eigenvalue weighted by Crippen LogP contribution is -1.80. The zero-order valence-corrected chi connectivity index (χ0v) is 12.4. The first-order chi connectivity index (χ1) is 11.3. The van der Waals surface area contributed by atoms with Gasteiger partial charge in [0.05, 0.1) is 0 Å². The highest BCUT2D eigenvalue weighted by Gasteiger charge is 1.91. The highest BCUT2D eigenvalue weighted by Crippen LogP contribution is 2.05. The smallest absolute Gasteiger partial charge is 0.124 e. The van der Waals surface area contributed by atoms with Gasteiger partial charge in [0.25, 0.3) is 0 Å². The van der Waals surface area contributed by atoms with Crippen LogP contribution in [0.1, 0.15) is 22.3 Å².